The van der Waals surface area contributed by atoms with Crippen molar-refractivity contribution in [3.8, 4) is 0 Å². The summed E-state index contributed by atoms with van der Waals surface area (Å²) in [7, 11) is -4.25. The maximum Gasteiger partial charge on any atom is 0.264 e. The molecule has 5 rings (SSSR count). The van der Waals surface area contributed by atoms with Crippen LogP contribution >= 0.6 is 34.8 Å². The Kier molecular flexibility index (Phi) is 12.1. The number of rotatable bonds is 12. The molecule has 0 aromatic heterocycles. The van der Waals surface area contributed by atoms with E-state index in [0.717, 1.165) is 42.0 Å². The van der Waals surface area contributed by atoms with E-state index in [4.69, 9.17) is 34.8 Å². The summed E-state index contributed by atoms with van der Waals surface area (Å²) >= 11 is 18.7. The number of aryl methyl sites for hydroxylation is 1. The Morgan fingerprint density at radius 1 is 0.812 bits per heavy atom. The molecule has 48 heavy (non-hydrogen) atoms. The lowest BCUT2D eigenvalue weighted by atomic mass is 9.94. The van der Waals surface area contributed by atoms with Gasteiger partial charge in [-0.15, -0.1) is 0 Å². The van der Waals surface area contributed by atoms with Gasteiger partial charge in [0.15, 0.2) is 0 Å². The predicted octanol–water partition coefficient (Wildman–Crippen LogP) is 8.24. The fourth-order valence-corrected chi connectivity index (χ4v) is 7.95. The van der Waals surface area contributed by atoms with Gasteiger partial charge in [0.1, 0.15) is 12.6 Å². The van der Waals surface area contributed by atoms with Crippen LogP contribution in [0.4, 0.5) is 5.69 Å². The Morgan fingerprint density at radius 3 is 2.15 bits per heavy atom. The molecule has 0 aliphatic heterocycles. The zero-order valence-corrected chi connectivity index (χ0v) is 29.7. The van der Waals surface area contributed by atoms with Crippen LogP contribution in [-0.2, 0) is 32.6 Å². The van der Waals surface area contributed by atoms with Crippen molar-refractivity contribution in [1.82, 2.24) is 10.2 Å². The van der Waals surface area contributed by atoms with Crippen molar-refractivity contribution < 1.29 is 18.0 Å². The lowest BCUT2D eigenvalue weighted by molar-refractivity contribution is -0.140. The zero-order chi connectivity index (χ0) is 34.3. The number of hydrogen-bond acceptors (Lipinski definition) is 4. The van der Waals surface area contributed by atoms with Crippen LogP contribution in [0, 0.1) is 6.92 Å². The standard InChI is InChI=1S/C37H38Cl3N3O4S/c1-26-10-8-9-15-34(26)43(48(46,47)31-19-17-29(38)18-20-31)25-36(44)42(24-28-16-21-32(39)33(40)22-28)35(23-27-11-4-2-5-12-27)37(45)41-30-13-6-3-7-14-30/h2,4-5,8-12,15-22,30,35H,3,6-7,13-14,23-25H2,1H3,(H,41,45)/t35-/m1/s1. The summed E-state index contributed by atoms with van der Waals surface area (Å²) in [5.74, 6) is -0.844. The quantitative estimate of drug-likeness (QED) is 0.159. The van der Waals surface area contributed by atoms with Gasteiger partial charge in [-0.3, -0.25) is 13.9 Å². The van der Waals surface area contributed by atoms with E-state index >= 15 is 0 Å². The van der Waals surface area contributed by atoms with Crippen LogP contribution in [0.3, 0.4) is 0 Å². The molecule has 0 saturated heterocycles. The fraction of sp³-hybridized carbons (Fsp3) is 0.297. The number of carbonyl (C=O) groups excluding carboxylic acids is 2. The number of nitrogens with one attached hydrogen (secondary N) is 1. The van der Waals surface area contributed by atoms with Crippen LogP contribution in [0.25, 0.3) is 0 Å². The molecule has 1 N–H and O–H groups in total. The van der Waals surface area contributed by atoms with Crippen LogP contribution in [0.1, 0.15) is 48.8 Å². The molecular weight excluding hydrogens is 689 g/mol. The molecule has 0 bridgehead atoms. The third-order valence-corrected chi connectivity index (χ3v) is 11.4. The molecule has 2 amide bonds. The number of sulfonamides is 1. The normalized spacial score (nSPS) is 14.2. The van der Waals surface area contributed by atoms with Crippen molar-refractivity contribution in [3.63, 3.8) is 0 Å². The first-order valence-corrected chi connectivity index (χ1v) is 18.5. The van der Waals surface area contributed by atoms with Gasteiger partial charge >= 0.3 is 0 Å². The van der Waals surface area contributed by atoms with Crippen LogP contribution in [0.5, 0.6) is 0 Å². The average Bonchev–Trinajstić information content (AvgIpc) is 3.08. The van der Waals surface area contributed by atoms with Gasteiger partial charge in [-0.1, -0.05) is 109 Å². The Morgan fingerprint density at radius 2 is 1.48 bits per heavy atom. The summed E-state index contributed by atoms with van der Waals surface area (Å²) < 4.78 is 29.6. The molecule has 1 aliphatic carbocycles. The van der Waals surface area contributed by atoms with E-state index in [1.807, 2.05) is 30.3 Å². The lowest BCUT2D eigenvalue weighted by Gasteiger charge is -2.35. The van der Waals surface area contributed by atoms with Crippen molar-refractivity contribution in [3.05, 3.63) is 129 Å². The molecule has 4 aromatic carbocycles. The number of carbonyl (C=O) groups is 2. The first kappa shape index (κ1) is 35.7. The second-order valence-corrected chi connectivity index (χ2v) is 15.2. The SMILES string of the molecule is Cc1ccccc1N(CC(=O)N(Cc1ccc(Cl)c(Cl)c1)[C@H](Cc1ccccc1)C(=O)NC1CCCCC1)S(=O)(=O)c1ccc(Cl)cc1. The maximum atomic E-state index is 14.7. The summed E-state index contributed by atoms with van der Waals surface area (Å²) in [6.07, 6.45) is 5.12. The Labute approximate surface area is 297 Å². The van der Waals surface area contributed by atoms with Crippen molar-refractivity contribution in [1.29, 1.82) is 0 Å². The van der Waals surface area contributed by atoms with Gasteiger partial charge in [-0.2, -0.15) is 0 Å². The highest BCUT2D eigenvalue weighted by Gasteiger charge is 2.36. The molecule has 1 atom stereocenters. The molecule has 0 spiro atoms. The largest absolute Gasteiger partial charge is 0.352 e. The molecule has 4 aromatic rings. The van der Waals surface area contributed by atoms with Gasteiger partial charge in [-0.25, -0.2) is 8.42 Å². The lowest BCUT2D eigenvalue weighted by Crippen LogP contribution is -2.55. The Balaban J connectivity index is 1.58. The number of hydrogen-bond donors (Lipinski definition) is 1. The molecule has 1 saturated carbocycles. The molecule has 1 fully saturated rings. The predicted molar refractivity (Wildman–Crippen MR) is 193 cm³/mol. The van der Waals surface area contributed by atoms with Crippen LogP contribution in [-0.4, -0.2) is 43.8 Å². The smallest absolute Gasteiger partial charge is 0.264 e. The summed E-state index contributed by atoms with van der Waals surface area (Å²) in [5, 5.41) is 4.26. The van der Waals surface area contributed by atoms with Crippen molar-refractivity contribution in [2.75, 3.05) is 10.8 Å². The van der Waals surface area contributed by atoms with Gasteiger partial charge in [0, 0.05) is 24.0 Å². The Hall–Kier alpha value is -3.56. The minimum atomic E-state index is -4.25. The number of amides is 2. The first-order valence-electron chi connectivity index (χ1n) is 15.9. The average molecular weight is 727 g/mol. The zero-order valence-electron chi connectivity index (χ0n) is 26.6. The molecule has 0 radical (unpaired) electrons. The summed E-state index contributed by atoms with van der Waals surface area (Å²) in [4.78, 5) is 30.4. The molecule has 0 unspecified atom stereocenters. The van der Waals surface area contributed by atoms with E-state index in [-0.39, 0.29) is 29.8 Å². The van der Waals surface area contributed by atoms with Gasteiger partial charge < -0.3 is 10.2 Å². The van der Waals surface area contributed by atoms with Crippen LogP contribution < -0.4 is 9.62 Å². The molecule has 1 aliphatic rings. The minimum Gasteiger partial charge on any atom is -0.352 e. The molecule has 7 nitrogen and oxygen atoms in total. The number of anilines is 1. The van der Waals surface area contributed by atoms with Crippen molar-refractivity contribution in [2.45, 2.75) is 69.0 Å². The second kappa shape index (κ2) is 16.2. The number of benzene rings is 4. The molecular formula is C37H38Cl3N3O4S. The number of para-hydroxylation sites is 1. The van der Waals surface area contributed by atoms with E-state index in [0.29, 0.717) is 31.9 Å². The molecule has 0 heterocycles. The van der Waals surface area contributed by atoms with Gasteiger partial charge in [0.05, 0.1) is 20.6 Å². The summed E-state index contributed by atoms with van der Waals surface area (Å²) in [5.41, 5.74) is 2.51. The molecule has 11 heteroatoms. The highest BCUT2D eigenvalue weighted by molar-refractivity contribution is 7.92. The van der Waals surface area contributed by atoms with Crippen molar-refractivity contribution >= 4 is 62.3 Å². The van der Waals surface area contributed by atoms with Crippen molar-refractivity contribution in [2.24, 2.45) is 0 Å². The van der Waals surface area contributed by atoms with E-state index in [1.165, 1.54) is 29.2 Å². The minimum absolute atomic E-state index is 0.000186. The summed E-state index contributed by atoms with van der Waals surface area (Å²) in [6.45, 7) is 1.22. The van der Waals surface area contributed by atoms with Crippen LogP contribution in [0.2, 0.25) is 15.1 Å². The van der Waals surface area contributed by atoms with Gasteiger partial charge in [0.25, 0.3) is 10.0 Å². The van der Waals surface area contributed by atoms with Gasteiger partial charge in [-0.05, 0) is 78.9 Å². The van der Waals surface area contributed by atoms with E-state index in [1.54, 1.807) is 49.4 Å². The van der Waals surface area contributed by atoms with Gasteiger partial charge in [0.2, 0.25) is 11.8 Å². The fourth-order valence-electron chi connectivity index (χ4n) is 6.02. The number of halogens is 3. The number of nitrogens with zero attached hydrogens (tertiary/aromatic N) is 2. The third-order valence-electron chi connectivity index (χ3n) is 8.62. The highest BCUT2D eigenvalue weighted by atomic mass is 35.5. The first-order chi connectivity index (χ1) is 23.0. The monoisotopic (exact) mass is 725 g/mol. The molecule has 252 valence electrons. The Bertz CT molecular complexity index is 1830. The van der Waals surface area contributed by atoms with E-state index in [9.17, 15) is 18.0 Å². The van der Waals surface area contributed by atoms with Crippen LogP contribution in [0.15, 0.2) is 102 Å². The maximum absolute atomic E-state index is 14.7. The van der Waals surface area contributed by atoms with E-state index in [2.05, 4.69) is 5.32 Å². The van der Waals surface area contributed by atoms with E-state index < -0.39 is 28.5 Å². The third kappa shape index (κ3) is 8.91. The summed E-state index contributed by atoms with van der Waals surface area (Å²) in [6, 6.07) is 26.4. The second-order valence-electron chi connectivity index (χ2n) is 12.1. The highest BCUT2D eigenvalue weighted by Crippen LogP contribution is 2.29. The topological polar surface area (TPSA) is 86.8 Å².